The number of hydrazine groups is 1. The summed E-state index contributed by atoms with van der Waals surface area (Å²) in [6.07, 6.45) is 1.60. The summed E-state index contributed by atoms with van der Waals surface area (Å²) in [6.45, 7) is 0. The third kappa shape index (κ3) is 3.40. The summed E-state index contributed by atoms with van der Waals surface area (Å²) >= 11 is 5.90. The molecule has 0 heterocycles. The maximum absolute atomic E-state index is 9.22. The maximum Gasteiger partial charge on any atom is 0.115 e. The van der Waals surface area contributed by atoms with Gasteiger partial charge in [-0.2, -0.15) is 0 Å². The van der Waals surface area contributed by atoms with Crippen LogP contribution in [-0.2, 0) is 0 Å². The number of nitrogens with two attached hydrogens (primary N) is 2. The van der Waals surface area contributed by atoms with Crippen LogP contribution in [-0.4, -0.2) is 5.11 Å². The molecular formula is C14H14ClN3O. The summed E-state index contributed by atoms with van der Waals surface area (Å²) < 4.78 is 0. The first kappa shape index (κ1) is 13.3. The number of benzene rings is 2. The molecule has 98 valence electrons. The largest absolute Gasteiger partial charge is 0.508 e. The van der Waals surface area contributed by atoms with Crippen molar-refractivity contribution in [1.29, 1.82) is 0 Å². The first-order valence-corrected chi connectivity index (χ1v) is 6.00. The Bertz CT molecular complexity index is 596. The van der Waals surface area contributed by atoms with Crippen molar-refractivity contribution in [1.82, 2.24) is 0 Å². The Labute approximate surface area is 116 Å². The van der Waals surface area contributed by atoms with Gasteiger partial charge in [0, 0.05) is 11.2 Å². The molecule has 0 spiro atoms. The number of phenolic OH excluding ortho intramolecular Hbond substituents is 1. The van der Waals surface area contributed by atoms with E-state index in [2.05, 4.69) is 0 Å². The van der Waals surface area contributed by atoms with Crippen LogP contribution in [0.4, 0.5) is 5.69 Å². The third-order valence-corrected chi connectivity index (χ3v) is 2.82. The molecule has 0 aliphatic carbocycles. The van der Waals surface area contributed by atoms with Crippen molar-refractivity contribution < 1.29 is 5.11 Å². The highest BCUT2D eigenvalue weighted by atomic mass is 35.5. The second kappa shape index (κ2) is 5.65. The van der Waals surface area contributed by atoms with Gasteiger partial charge in [-0.25, -0.2) is 5.84 Å². The third-order valence-electron chi connectivity index (χ3n) is 2.59. The highest BCUT2D eigenvalue weighted by Crippen LogP contribution is 2.19. The molecule has 4 nitrogen and oxygen atoms in total. The Morgan fingerprint density at radius 1 is 1.16 bits per heavy atom. The molecule has 0 fully saturated rings. The lowest BCUT2D eigenvalue weighted by Gasteiger charge is -2.15. The summed E-state index contributed by atoms with van der Waals surface area (Å²) in [4.78, 5) is 0. The van der Waals surface area contributed by atoms with Crippen LogP contribution < -0.4 is 16.6 Å². The van der Waals surface area contributed by atoms with E-state index in [-0.39, 0.29) is 5.75 Å². The Morgan fingerprint density at radius 2 is 1.84 bits per heavy atom. The molecule has 0 bridgehead atoms. The van der Waals surface area contributed by atoms with Gasteiger partial charge in [0.05, 0.1) is 11.4 Å². The molecule has 5 heteroatoms. The molecule has 0 amide bonds. The first-order valence-electron chi connectivity index (χ1n) is 5.62. The minimum atomic E-state index is 0.191. The Balaban J connectivity index is 2.22. The van der Waals surface area contributed by atoms with Gasteiger partial charge >= 0.3 is 0 Å². The summed E-state index contributed by atoms with van der Waals surface area (Å²) in [5, 5.41) is 11.2. The van der Waals surface area contributed by atoms with E-state index in [9.17, 15) is 5.11 Å². The topological polar surface area (TPSA) is 75.5 Å². The summed E-state index contributed by atoms with van der Waals surface area (Å²) in [5.41, 5.74) is 7.94. The zero-order valence-electron chi connectivity index (χ0n) is 10.1. The molecule has 0 aliphatic heterocycles. The van der Waals surface area contributed by atoms with Gasteiger partial charge in [0.25, 0.3) is 0 Å². The normalized spacial score (nSPS) is 11.4. The molecular weight excluding hydrogens is 262 g/mol. The van der Waals surface area contributed by atoms with Crippen LogP contribution in [0.5, 0.6) is 5.75 Å². The molecule has 0 saturated heterocycles. The van der Waals surface area contributed by atoms with Crippen LogP contribution >= 0.6 is 11.6 Å². The van der Waals surface area contributed by atoms with Crippen LogP contribution in [0.1, 0.15) is 5.56 Å². The van der Waals surface area contributed by atoms with Gasteiger partial charge in [0.2, 0.25) is 0 Å². The molecule has 0 radical (unpaired) electrons. The van der Waals surface area contributed by atoms with E-state index < -0.39 is 0 Å². The molecule has 2 aromatic rings. The van der Waals surface area contributed by atoms with Crippen LogP contribution in [0, 0.1) is 0 Å². The molecule has 0 saturated carbocycles. The number of halogens is 1. The number of rotatable bonds is 3. The van der Waals surface area contributed by atoms with Gasteiger partial charge in [-0.05, 0) is 48.0 Å². The van der Waals surface area contributed by atoms with Crippen molar-refractivity contribution in [3.8, 4) is 5.75 Å². The predicted molar refractivity (Wildman–Crippen MR) is 78.4 cm³/mol. The molecule has 0 atom stereocenters. The number of hydrogen-bond donors (Lipinski definition) is 3. The van der Waals surface area contributed by atoms with Gasteiger partial charge in [-0.3, -0.25) is 5.01 Å². The van der Waals surface area contributed by atoms with Gasteiger partial charge in [-0.1, -0.05) is 17.7 Å². The Morgan fingerprint density at radius 3 is 2.47 bits per heavy atom. The van der Waals surface area contributed by atoms with E-state index in [1.165, 1.54) is 5.01 Å². The van der Waals surface area contributed by atoms with Crippen LogP contribution in [0.15, 0.2) is 54.7 Å². The fraction of sp³-hybridized carbons (Fsp3) is 0. The molecule has 2 rings (SSSR count). The van der Waals surface area contributed by atoms with E-state index in [4.69, 9.17) is 23.2 Å². The maximum atomic E-state index is 9.22. The zero-order valence-corrected chi connectivity index (χ0v) is 10.9. The average molecular weight is 276 g/mol. The zero-order chi connectivity index (χ0) is 13.8. The predicted octanol–water partition coefficient (Wildman–Crippen LogP) is 2.68. The minimum absolute atomic E-state index is 0.191. The van der Waals surface area contributed by atoms with E-state index in [0.717, 1.165) is 11.3 Å². The smallest absolute Gasteiger partial charge is 0.115 e. The lowest BCUT2D eigenvalue weighted by Crippen LogP contribution is -2.25. The molecule has 0 unspecified atom stereocenters. The summed E-state index contributed by atoms with van der Waals surface area (Å²) in [5.74, 6) is 6.09. The standard InChI is InChI=1S/C14H14ClN3O/c15-11-2-1-3-12(8-11)18(17)9-14(16)10-4-6-13(19)7-5-10/h1-9,19H,16-17H2/b14-9-. The highest BCUT2D eigenvalue weighted by molar-refractivity contribution is 6.30. The van der Waals surface area contributed by atoms with Crippen molar-refractivity contribution in [3.63, 3.8) is 0 Å². The molecule has 0 aliphatic rings. The lowest BCUT2D eigenvalue weighted by atomic mass is 10.1. The highest BCUT2D eigenvalue weighted by Gasteiger charge is 2.02. The van der Waals surface area contributed by atoms with E-state index in [1.54, 1.807) is 42.6 Å². The van der Waals surface area contributed by atoms with Crippen LogP contribution in [0.2, 0.25) is 5.02 Å². The van der Waals surface area contributed by atoms with Crippen molar-refractivity contribution in [2.24, 2.45) is 11.6 Å². The average Bonchev–Trinajstić information content (AvgIpc) is 2.39. The molecule has 5 N–H and O–H groups in total. The van der Waals surface area contributed by atoms with Crippen molar-refractivity contribution >= 4 is 23.0 Å². The molecule has 19 heavy (non-hydrogen) atoms. The van der Waals surface area contributed by atoms with Gasteiger partial charge < -0.3 is 10.8 Å². The second-order valence-electron chi connectivity index (χ2n) is 4.02. The number of nitrogens with zero attached hydrogens (tertiary/aromatic N) is 1. The SMILES string of the molecule is N/C(=C\N(N)c1cccc(Cl)c1)c1ccc(O)cc1. The van der Waals surface area contributed by atoms with Gasteiger partial charge in [0.1, 0.15) is 5.75 Å². The van der Waals surface area contributed by atoms with Crippen LogP contribution in [0.25, 0.3) is 5.70 Å². The quantitative estimate of drug-likeness (QED) is 0.595. The summed E-state index contributed by atoms with van der Waals surface area (Å²) in [7, 11) is 0. The fourth-order valence-corrected chi connectivity index (χ4v) is 1.77. The van der Waals surface area contributed by atoms with Gasteiger partial charge in [0.15, 0.2) is 0 Å². The lowest BCUT2D eigenvalue weighted by molar-refractivity contribution is 0.475. The summed E-state index contributed by atoms with van der Waals surface area (Å²) in [6, 6.07) is 13.7. The van der Waals surface area contributed by atoms with E-state index >= 15 is 0 Å². The molecule has 0 aromatic heterocycles. The van der Waals surface area contributed by atoms with Gasteiger partial charge in [-0.15, -0.1) is 0 Å². The van der Waals surface area contributed by atoms with Crippen molar-refractivity contribution in [3.05, 3.63) is 65.3 Å². The number of phenols is 1. The Hall–Kier alpha value is -2.17. The second-order valence-corrected chi connectivity index (χ2v) is 4.45. The van der Waals surface area contributed by atoms with E-state index in [1.807, 2.05) is 12.1 Å². The Kier molecular flexibility index (Phi) is 3.94. The number of aromatic hydroxyl groups is 1. The minimum Gasteiger partial charge on any atom is -0.508 e. The van der Waals surface area contributed by atoms with Crippen molar-refractivity contribution in [2.45, 2.75) is 0 Å². The van der Waals surface area contributed by atoms with Crippen molar-refractivity contribution in [2.75, 3.05) is 5.01 Å². The fourth-order valence-electron chi connectivity index (χ4n) is 1.59. The monoisotopic (exact) mass is 275 g/mol. The molecule has 2 aromatic carbocycles. The first-order chi connectivity index (χ1) is 9.06. The number of hydrogen-bond acceptors (Lipinski definition) is 4. The number of anilines is 1. The van der Waals surface area contributed by atoms with Crippen LogP contribution in [0.3, 0.4) is 0 Å². The van der Waals surface area contributed by atoms with E-state index in [0.29, 0.717) is 10.7 Å².